The molecule has 0 heterocycles. The number of benzene rings is 1. The van der Waals surface area contributed by atoms with Gasteiger partial charge < -0.3 is 10.5 Å². The van der Waals surface area contributed by atoms with Gasteiger partial charge in [-0.2, -0.15) is 0 Å². The Balaban J connectivity index is 2.99. The molecule has 1 aromatic rings. The van der Waals surface area contributed by atoms with Gasteiger partial charge in [0.1, 0.15) is 11.6 Å². The Bertz CT molecular complexity index is 334. The molecule has 0 spiro atoms. The van der Waals surface area contributed by atoms with E-state index in [1.54, 1.807) is 25.3 Å². The fourth-order valence-corrected chi connectivity index (χ4v) is 1.09. The van der Waals surface area contributed by atoms with Gasteiger partial charge in [0, 0.05) is 11.6 Å². The minimum atomic E-state index is -0.282. The molecule has 3 heteroatoms. The monoisotopic (exact) mass is 195 g/mol. The number of rotatable bonds is 3. The van der Waals surface area contributed by atoms with Crippen molar-refractivity contribution in [3.8, 4) is 5.75 Å². The second kappa shape index (κ2) is 4.77. The van der Waals surface area contributed by atoms with Crippen LogP contribution in [0.5, 0.6) is 5.75 Å². The molecule has 0 fully saturated rings. The summed E-state index contributed by atoms with van der Waals surface area (Å²) >= 11 is 0. The van der Waals surface area contributed by atoms with Crippen LogP contribution in [0.4, 0.5) is 4.39 Å². The van der Waals surface area contributed by atoms with Gasteiger partial charge in [-0.1, -0.05) is 12.2 Å². The van der Waals surface area contributed by atoms with E-state index >= 15 is 0 Å². The minimum Gasteiger partial charge on any atom is -0.496 e. The SMILES string of the molecule is COc1ccc(F)cc1/C=C/C(C)N. The number of hydrogen-bond donors (Lipinski definition) is 1. The highest BCUT2D eigenvalue weighted by molar-refractivity contribution is 5.57. The van der Waals surface area contributed by atoms with Crippen LogP contribution in [0.15, 0.2) is 24.3 Å². The summed E-state index contributed by atoms with van der Waals surface area (Å²) in [5.74, 6) is 0.360. The topological polar surface area (TPSA) is 35.2 Å². The summed E-state index contributed by atoms with van der Waals surface area (Å²) in [5, 5.41) is 0. The maximum absolute atomic E-state index is 12.9. The summed E-state index contributed by atoms with van der Waals surface area (Å²) < 4.78 is 18.0. The summed E-state index contributed by atoms with van der Waals surface area (Å²) in [6.07, 6.45) is 3.55. The molecule has 0 aliphatic heterocycles. The quantitative estimate of drug-likeness (QED) is 0.802. The zero-order valence-corrected chi connectivity index (χ0v) is 8.33. The van der Waals surface area contributed by atoms with Crippen LogP contribution < -0.4 is 10.5 Å². The highest BCUT2D eigenvalue weighted by Gasteiger charge is 2.00. The van der Waals surface area contributed by atoms with Gasteiger partial charge in [-0.3, -0.25) is 0 Å². The van der Waals surface area contributed by atoms with Gasteiger partial charge in [-0.15, -0.1) is 0 Å². The summed E-state index contributed by atoms with van der Waals surface area (Å²) in [4.78, 5) is 0. The molecule has 0 saturated heterocycles. The van der Waals surface area contributed by atoms with Crippen LogP contribution in [-0.2, 0) is 0 Å². The predicted octanol–water partition coefficient (Wildman–Crippen LogP) is 2.19. The molecule has 0 radical (unpaired) electrons. The van der Waals surface area contributed by atoms with Crippen molar-refractivity contribution in [2.24, 2.45) is 5.73 Å². The summed E-state index contributed by atoms with van der Waals surface area (Å²) in [6.45, 7) is 1.85. The van der Waals surface area contributed by atoms with Crippen LogP contribution in [0, 0.1) is 5.82 Å². The molecule has 1 atom stereocenters. The molecule has 0 amide bonds. The van der Waals surface area contributed by atoms with Gasteiger partial charge in [-0.25, -0.2) is 4.39 Å². The van der Waals surface area contributed by atoms with E-state index < -0.39 is 0 Å². The van der Waals surface area contributed by atoms with Gasteiger partial charge in [0.25, 0.3) is 0 Å². The smallest absolute Gasteiger partial charge is 0.126 e. The van der Waals surface area contributed by atoms with Crippen molar-refractivity contribution in [3.05, 3.63) is 35.7 Å². The first kappa shape index (κ1) is 10.7. The van der Waals surface area contributed by atoms with E-state index in [-0.39, 0.29) is 11.9 Å². The van der Waals surface area contributed by atoms with Crippen LogP contribution >= 0.6 is 0 Å². The van der Waals surface area contributed by atoms with Crippen molar-refractivity contribution < 1.29 is 9.13 Å². The van der Waals surface area contributed by atoms with E-state index in [2.05, 4.69) is 0 Å². The third kappa shape index (κ3) is 2.85. The summed E-state index contributed by atoms with van der Waals surface area (Å²) in [7, 11) is 1.55. The van der Waals surface area contributed by atoms with E-state index in [1.807, 2.05) is 6.92 Å². The van der Waals surface area contributed by atoms with Crippen molar-refractivity contribution in [1.82, 2.24) is 0 Å². The lowest BCUT2D eigenvalue weighted by Crippen LogP contribution is -2.09. The maximum Gasteiger partial charge on any atom is 0.126 e. The third-order valence-corrected chi connectivity index (χ3v) is 1.77. The van der Waals surface area contributed by atoms with E-state index in [4.69, 9.17) is 10.5 Å². The Kier molecular flexibility index (Phi) is 3.65. The molecule has 0 bridgehead atoms. The average Bonchev–Trinajstić information content (AvgIpc) is 2.15. The molecule has 76 valence electrons. The van der Waals surface area contributed by atoms with Gasteiger partial charge in [0.2, 0.25) is 0 Å². The maximum atomic E-state index is 12.9. The Labute approximate surface area is 83.2 Å². The van der Waals surface area contributed by atoms with Crippen molar-refractivity contribution in [2.75, 3.05) is 7.11 Å². The molecular weight excluding hydrogens is 181 g/mol. The zero-order valence-electron chi connectivity index (χ0n) is 8.33. The largest absolute Gasteiger partial charge is 0.496 e. The summed E-state index contributed by atoms with van der Waals surface area (Å²) in [6, 6.07) is 4.32. The number of methoxy groups -OCH3 is 1. The van der Waals surface area contributed by atoms with Crippen LogP contribution in [0.2, 0.25) is 0 Å². The molecule has 1 unspecified atom stereocenters. The van der Waals surface area contributed by atoms with Gasteiger partial charge >= 0.3 is 0 Å². The fraction of sp³-hybridized carbons (Fsp3) is 0.273. The first-order valence-electron chi connectivity index (χ1n) is 4.41. The number of hydrogen-bond acceptors (Lipinski definition) is 2. The lowest BCUT2D eigenvalue weighted by molar-refractivity contribution is 0.412. The van der Waals surface area contributed by atoms with E-state index in [1.165, 1.54) is 12.1 Å². The molecule has 2 nitrogen and oxygen atoms in total. The first-order chi connectivity index (χ1) is 6.63. The highest BCUT2D eigenvalue weighted by Crippen LogP contribution is 2.20. The van der Waals surface area contributed by atoms with Crippen molar-refractivity contribution in [1.29, 1.82) is 0 Å². The standard InChI is InChI=1S/C11H14FNO/c1-8(13)3-4-9-7-10(12)5-6-11(9)14-2/h3-8H,13H2,1-2H3/b4-3+. The second-order valence-corrected chi connectivity index (χ2v) is 3.10. The summed E-state index contributed by atoms with van der Waals surface area (Å²) in [5.41, 5.74) is 6.25. The molecule has 1 rings (SSSR count). The highest BCUT2D eigenvalue weighted by atomic mass is 19.1. The Morgan fingerprint density at radius 3 is 2.79 bits per heavy atom. The Hall–Kier alpha value is -1.35. The second-order valence-electron chi connectivity index (χ2n) is 3.10. The molecular formula is C11H14FNO. The third-order valence-electron chi connectivity index (χ3n) is 1.77. The first-order valence-corrected chi connectivity index (χ1v) is 4.41. The molecule has 0 aliphatic carbocycles. The lowest BCUT2D eigenvalue weighted by Gasteiger charge is -2.04. The van der Waals surface area contributed by atoms with Crippen molar-refractivity contribution >= 4 is 6.08 Å². The van der Waals surface area contributed by atoms with E-state index in [0.717, 1.165) is 0 Å². The molecule has 1 aromatic carbocycles. The van der Waals surface area contributed by atoms with Crippen LogP contribution in [-0.4, -0.2) is 13.2 Å². The fourth-order valence-electron chi connectivity index (χ4n) is 1.09. The van der Waals surface area contributed by atoms with Gasteiger partial charge in [0.15, 0.2) is 0 Å². The Morgan fingerprint density at radius 1 is 1.50 bits per heavy atom. The lowest BCUT2D eigenvalue weighted by atomic mass is 10.1. The Morgan fingerprint density at radius 2 is 2.21 bits per heavy atom. The number of halogens is 1. The van der Waals surface area contributed by atoms with Crippen LogP contribution in [0.25, 0.3) is 6.08 Å². The average molecular weight is 195 g/mol. The molecule has 0 aliphatic rings. The molecule has 0 saturated carbocycles. The molecule has 14 heavy (non-hydrogen) atoms. The van der Waals surface area contributed by atoms with Gasteiger partial charge in [-0.05, 0) is 25.1 Å². The number of ether oxygens (including phenoxy) is 1. The van der Waals surface area contributed by atoms with E-state index in [0.29, 0.717) is 11.3 Å². The van der Waals surface area contributed by atoms with Crippen molar-refractivity contribution in [2.45, 2.75) is 13.0 Å². The predicted molar refractivity (Wildman–Crippen MR) is 55.6 cm³/mol. The normalized spacial score (nSPS) is 13.1. The molecule has 0 aromatic heterocycles. The minimum absolute atomic E-state index is 0.0528. The molecule has 2 N–H and O–H groups in total. The number of nitrogens with two attached hydrogens (primary N) is 1. The van der Waals surface area contributed by atoms with Crippen LogP contribution in [0.1, 0.15) is 12.5 Å². The van der Waals surface area contributed by atoms with E-state index in [9.17, 15) is 4.39 Å². The van der Waals surface area contributed by atoms with Gasteiger partial charge in [0.05, 0.1) is 7.11 Å². The van der Waals surface area contributed by atoms with Crippen molar-refractivity contribution in [3.63, 3.8) is 0 Å². The zero-order chi connectivity index (χ0) is 10.6. The van der Waals surface area contributed by atoms with Crippen LogP contribution in [0.3, 0.4) is 0 Å².